The van der Waals surface area contributed by atoms with Crippen LogP contribution >= 0.6 is 11.6 Å². The maximum absolute atomic E-state index is 5.92. The SMILES string of the molecule is NNC(Cc1ccc(Cl)cc1)CC1CCCCCC1. The molecule has 106 valence electrons. The van der Waals surface area contributed by atoms with E-state index in [0.29, 0.717) is 6.04 Å². The first-order valence-electron chi connectivity index (χ1n) is 7.48. The Balaban J connectivity index is 1.86. The zero-order chi connectivity index (χ0) is 13.5. The van der Waals surface area contributed by atoms with Crippen LogP contribution in [0.25, 0.3) is 0 Å². The maximum Gasteiger partial charge on any atom is 0.0406 e. The number of hydrazine groups is 1. The van der Waals surface area contributed by atoms with E-state index in [1.54, 1.807) is 0 Å². The Morgan fingerprint density at radius 2 is 1.74 bits per heavy atom. The average Bonchev–Trinajstić information content (AvgIpc) is 2.69. The first kappa shape index (κ1) is 14.8. The largest absolute Gasteiger partial charge is 0.271 e. The number of hydrogen-bond donors (Lipinski definition) is 2. The molecule has 3 N–H and O–H groups in total. The number of halogens is 1. The predicted octanol–water partition coefficient (Wildman–Crippen LogP) is 4.07. The number of rotatable bonds is 5. The molecule has 1 fully saturated rings. The quantitative estimate of drug-likeness (QED) is 0.485. The summed E-state index contributed by atoms with van der Waals surface area (Å²) in [5.41, 5.74) is 4.31. The van der Waals surface area contributed by atoms with E-state index in [1.807, 2.05) is 12.1 Å². The van der Waals surface area contributed by atoms with Gasteiger partial charge in [-0.05, 0) is 36.5 Å². The molecule has 0 amide bonds. The first-order chi connectivity index (χ1) is 9.28. The van der Waals surface area contributed by atoms with Crippen molar-refractivity contribution in [3.63, 3.8) is 0 Å². The van der Waals surface area contributed by atoms with Gasteiger partial charge in [0.1, 0.15) is 0 Å². The Labute approximate surface area is 121 Å². The molecule has 0 aliphatic heterocycles. The minimum absolute atomic E-state index is 0.379. The third kappa shape index (κ3) is 5.13. The van der Waals surface area contributed by atoms with Gasteiger partial charge in [0, 0.05) is 11.1 Å². The summed E-state index contributed by atoms with van der Waals surface area (Å²) in [5.74, 6) is 6.57. The molecule has 19 heavy (non-hydrogen) atoms. The summed E-state index contributed by atoms with van der Waals surface area (Å²) in [6.07, 6.45) is 10.5. The standard InChI is InChI=1S/C16H25ClN2/c17-15-9-7-14(8-10-15)12-16(19-18)11-13-5-3-1-2-4-6-13/h7-10,13,16,19H,1-6,11-12,18H2. The number of hydrogen-bond acceptors (Lipinski definition) is 2. The van der Waals surface area contributed by atoms with E-state index in [4.69, 9.17) is 17.4 Å². The van der Waals surface area contributed by atoms with Crippen LogP contribution in [0.15, 0.2) is 24.3 Å². The van der Waals surface area contributed by atoms with E-state index < -0.39 is 0 Å². The molecular formula is C16H25ClN2. The lowest BCUT2D eigenvalue weighted by molar-refractivity contribution is 0.352. The summed E-state index contributed by atoms with van der Waals surface area (Å²) in [6, 6.07) is 8.48. The maximum atomic E-state index is 5.92. The van der Waals surface area contributed by atoms with Gasteiger partial charge in [-0.2, -0.15) is 0 Å². The molecule has 0 saturated heterocycles. The average molecular weight is 281 g/mol. The van der Waals surface area contributed by atoms with Crippen molar-refractivity contribution in [2.24, 2.45) is 11.8 Å². The Bertz CT molecular complexity index is 356. The summed E-state index contributed by atoms with van der Waals surface area (Å²) >= 11 is 5.92. The Morgan fingerprint density at radius 1 is 1.11 bits per heavy atom. The zero-order valence-electron chi connectivity index (χ0n) is 11.6. The van der Waals surface area contributed by atoms with Crippen LogP contribution < -0.4 is 11.3 Å². The van der Waals surface area contributed by atoms with Gasteiger partial charge in [-0.25, -0.2) is 0 Å². The van der Waals surface area contributed by atoms with Crippen LogP contribution in [0, 0.1) is 5.92 Å². The second kappa shape index (κ2) is 7.88. The molecule has 0 bridgehead atoms. The van der Waals surface area contributed by atoms with E-state index in [2.05, 4.69) is 17.6 Å². The fraction of sp³-hybridized carbons (Fsp3) is 0.625. The van der Waals surface area contributed by atoms with E-state index in [-0.39, 0.29) is 0 Å². The van der Waals surface area contributed by atoms with Crippen molar-refractivity contribution >= 4 is 11.6 Å². The topological polar surface area (TPSA) is 38.0 Å². The fourth-order valence-corrected chi connectivity index (χ4v) is 3.24. The molecule has 0 spiro atoms. The monoisotopic (exact) mass is 280 g/mol. The van der Waals surface area contributed by atoms with Crippen LogP contribution in [0.4, 0.5) is 0 Å². The molecule has 2 rings (SSSR count). The molecule has 1 aromatic carbocycles. The minimum Gasteiger partial charge on any atom is -0.271 e. The zero-order valence-corrected chi connectivity index (χ0v) is 12.3. The summed E-state index contributed by atoms with van der Waals surface area (Å²) in [4.78, 5) is 0. The lowest BCUT2D eigenvalue weighted by atomic mass is 9.90. The summed E-state index contributed by atoms with van der Waals surface area (Å²) in [6.45, 7) is 0. The summed E-state index contributed by atoms with van der Waals surface area (Å²) in [5, 5.41) is 0.796. The highest BCUT2D eigenvalue weighted by Crippen LogP contribution is 2.27. The van der Waals surface area contributed by atoms with Crippen molar-refractivity contribution < 1.29 is 0 Å². The molecular weight excluding hydrogens is 256 g/mol. The van der Waals surface area contributed by atoms with Gasteiger partial charge in [0.2, 0.25) is 0 Å². The number of nitrogens with one attached hydrogen (secondary N) is 1. The lowest BCUT2D eigenvalue weighted by Gasteiger charge is -2.22. The molecule has 1 aromatic rings. The molecule has 1 aliphatic rings. The third-order valence-corrected chi connectivity index (χ3v) is 4.48. The van der Waals surface area contributed by atoms with E-state index in [1.165, 1.54) is 50.5 Å². The molecule has 0 aromatic heterocycles. The van der Waals surface area contributed by atoms with Crippen LogP contribution in [0.5, 0.6) is 0 Å². The molecule has 1 unspecified atom stereocenters. The highest BCUT2D eigenvalue weighted by atomic mass is 35.5. The van der Waals surface area contributed by atoms with Gasteiger partial charge in [0.15, 0.2) is 0 Å². The normalized spacial score (nSPS) is 19.1. The van der Waals surface area contributed by atoms with Crippen LogP contribution in [0.2, 0.25) is 5.02 Å². The molecule has 3 heteroatoms. The van der Waals surface area contributed by atoms with Gasteiger partial charge in [-0.3, -0.25) is 11.3 Å². The van der Waals surface area contributed by atoms with E-state index in [9.17, 15) is 0 Å². The Hall–Kier alpha value is -0.570. The van der Waals surface area contributed by atoms with Gasteiger partial charge in [-0.15, -0.1) is 0 Å². The predicted molar refractivity (Wildman–Crippen MR) is 82.1 cm³/mol. The molecule has 0 heterocycles. The second-order valence-corrected chi connectivity index (χ2v) is 6.22. The second-order valence-electron chi connectivity index (χ2n) is 5.79. The van der Waals surface area contributed by atoms with Crippen molar-refractivity contribution in [2.75, 3.05) is 0 Å². The van der Waals surface area contributed by atoms with Crippen molar-refractivity contribution in [3.05, 3.63) is 34.9 Å². The van der Waals surface area contributed by atoms with Crippen molar-refractivity contribution in [2.45, 2.75) is 57.4 Å². The van der Waals surface area contributed by atoms with Crippen molar-refractivity contribution in [1.82, 2.24) is 5.43 Å². The van der Waals surface area contributed by atoms with E-state index in [0.717, 1.165) is 17.4 Å². The van der Waals surface area contributed by atoms with E-state index >= 15 is 0 Å². The van der Waals surface area contributed by atoms with Crippen LogP contribution in [0.1, 0.15) is 50.5 Å². The number of nitrogens with two attached hydrogens (primary N) is 1. The molecule has 1 atom stereocenters. The van der Waals surface area contributed by atoms with Gasteiger partial charge >= 0.3 is 0 Å². The highest BCUT2D eigenvalue weighted by Gasteiger charge is 2.17. The highest BCUT2D eigenvalue weighted by molar-refractivity contribution is 6.30. The van der Waals surface area contributed by atoms with Crippen LogP contribution in [0.3, 0.4) is 0 Å². The summed E-state index contributed by atoms with van der Waals surface area (Å²) in [7, 11) is 0. The van der Waals surface area contributed by atoms with Crippen LogP contribution in [-0.2, 0) is 6.42 Å². The Kier molecular flexibility index (Phi) is 6.15. The van der Waals surface area contributed by atoms with Crippen molar-refractivity contribution in [3.8, 4) is 0 Å². The van der Waals surface area contributed by atoms with Gasteiger partial charge in [-0.1, -0.05) is 62.3 Å². The third-order valence-electron chi connectivity index (χ3n) is 4.22. The molecule has 0 radical (unpaired) electrons. The van der Waals surface area contributed by atoms with Crippen LogP contribution in [-0.4, -0.2) is 6.04 Å². The smallest absolute Gasteiger partial charge is 0.0406 e. The Morgan fingerprint density at radius 3 is 2.32 bits per heavy atom. The molecule has 1 saturated carbocycles. The first-order valence-corrected chi connectivity index (χ1v) is 7.86. The number of benzene rings is 1. The minimum atomic E-state index is 0.379. The fourth-order valence-electron chi connectivity index (χ4n) is 3.12. The molecule has 1 aliphatic carbocycles. The van der Waals surface area contributed by atoms with Crippen molar-refractivity contribution in [1.29, 1.82) is 0 Å². The summed E-state index contributed by atoms with van der Waals surface area (Å²) < 4.78 is 0. The lowest BCUT2D eigenvalue weighted by Crippen LogP contribution is -2.38. The van der Waals surface area contributed by atoms with Gasteiger partial charge in [0.25, 0.3) is 0 Å². The van der Waals surface area contributed by atoms with Gasteiger partial charge in [0.05, 0.1) is 0 Å². The van der Waals surface area contributed by atoms with Gasteiger partial charge < -0.3 is 0 Å². The molecule has 2 nitrogen and oxygen atoms in total.